The van der Waals surface area contributed by atoms with Gasteiger partial charge in [0.1, 0.15) is 0 Å². The molecule has 2 atom stereocenters. The second kappa shape index (κ2) is 2.70. The first-order chi connectivity index (χ1) is 4.18. The molecule has 0 aromatic heterocycles. The molecule has 9 heavy (non-hydrogen) atoms. The largest absolute Gasteiger partial charge is 0.306 e. The van der Waals surface area contributed by atoms with Crippen LogP contribution in [0.5, 0.6) is 0 Å². The fraction of sp³-hybridized carbons (Fsp3) is 1.00. The van der Waals surface area contributed by atoms with E-state index in [-0.39, 0.29) is 0 Å². The van der Waals surface area contributed by atoms with E-state index in [1.54, 1.807) is 0 Å². The maximum absolute atomic E-state index is 2.43. The Morgan fingerprint density at radius 2 is 1.56 bits per heavy atom. The van der Waals surface area contributed by atoms with E-state index in [9.17, 15) is 0 Å². The molecule has 1 saturated heterocycles. The van der Waals surface area contributed by atoms with Crippen molar-refractivity contribution in [2.24, 2.45) is 11.8 Å². The highest BCUT2D eigenvalue weighted by Gasteiger charge is 2.17. The average Bonchev–Trinajstić information content (AvgIpc) is 1.59. The third kappa shape index (κ3) is 1.98. The van der Waals surface area contributed by atoms with E-state index < -0.39 is 0 Å². The van der Waals surface area contributed by atoms with Crippen LogP contribution in [-0.4, -0.2) is 25.0 Å². The Kier molecular flexibility index (Phi) is 2.12. The van der Waals surface area contributed by atoms with Gasteiger partial charge in [0.05, 0.1) is 0 Å². The summed E-state index contributed by atoms with van der Waals surface area (Å²) in [7, 11) is 2.21. The van der Waals surface area contributed by atoms with Crippen molar-refractivity contribution in [1.82, 2.24) is 4.90 Å². The van der Waals surface area contributed by atoms with E-state index >= 15 is 0 Å². The van der Waals surface area contributed by atoms with E-state index in [0.29, 0.717) is 0 Å². The van der Waals surface area contributed by atoms with Crippen LogP contribution >= 0.6 is 0 Å². The molecule has 54 valence electrons. The van der Waals surface area contributed by atoms with Crippen molar-refractivity contribution < 1.29 is 0 Å². The monoisotopic (exact) mass is 127 g/mol. The second-order valence-electron chi connectivity index (χ2n) is 3.67. The van der Waals surface area contributed by atoms with Gasteiger partial charge < -0.3 is 4.90 Å². The van der Waals surface area contributed by atoms with Crippen molar-refractivity contribution in [3.8, 4) is 0 Å². The summed E-state index contributed by atoms with van der Waals surface area (Å²) in [5.74, 6) is 1.83. The quantitative estimate of drug-likeness (QED) is 0.477. The van der Waals surface area contributed by atoms with Crippen molar-refractivity contribution in [3.63, 3.8) is 0 Å². The predicted octanol–water partition coefficient (Wildman–Crippen LogP) is 1.59. The van der Waals surface area contributed by atoms with Crippen molar-refractivity contribution in [2.45, 2.75) is 20.3 Å². The highest BCUT2D eigenvalue weighted by molar-refractivity contribution is 4.71. The Morgan fingerprint density at radius 3 is 1.89 bits per heavy atom. The molecule has 0 bridgehead atoms. The Balaban J connectivity index is 2.34. The molecule has 1 rings (SSSR count). The molecule has 0 amide bonds. The van der Waals surface area contributed by atoms with Crippen molar-refractivity contribution in [2.75, 3.05) is 20.1 Å². The summed E-state index contributed by atoms with van der Waals surface area (Å²) in [6, 6.07) is 0. The van der Waals surface area contributed by atoms with Crippen LogP contribution in [0.1, 0.15) is 20.3 Å². The van der Waals surface area contributed by atoms with Crippen molar-refractivity contribution in [1.29, 1.82) is 0 Å². The van der Waals surface area contributed by atoms with Crippen LogP contribution < -0.4 is 0 Å². The molecule has 0 spiro atoms. The van der Waals surface area contributed by atoms with Gasteiger partial charge in [0.15, 0.2) is 0 Å². The zero-order chi connectivity index (χ0) is 6.85. The third-order valence-corrected chi connectivity index (χ3v) is 2.05. The summed E-state index contributed by atoms with van der Waals surface area (Å²) < 4.78 is 0. The topological polar surface area (TPSA) is 3.24 Å². The number of piperidine rings is 1. The zero-order valence-electron chi connectivity index (χ0n) is 6.72. The molecule has 1 aliphatic heterocycles. The van der Waals surface area contributed by atoms with Gasteiger partial charge in [0.2, 0.25) is 0 Å². The molecule has 1 nitrogen and oxygen atoms in total. The van der Waals surface area contributed by atoms with E-state index in [1.807, 2.05) is 0 Å². The third-order valence-electron chi connectivity index (χ3n) is 2.05. The van der Waals surface area contributed by atoms with E-state index in [4.69, 9.17) is 0 Å². The molecule has 1 heterocycles. The van der Waals surface area contributed by atoms with Gasteiger partial charge in [-0.2, -0.15) is 0 Å². The standard InChI is InChI=1S/C8H17N/c1-7-4-8(2)6-9(3)5-7/h7-8H,4-6H2,1-3H3/t7-,8?/m1/s1. The molecule has 0 radical (unpaired) electrons. The molecular weight excluding hydrogens is 110 g/mol. The first-order valence-electron chi connectivity index (χ1n) is 3.87. The lowest BCUT2D eigenvalue weighted by Crippen LogP contribution is -2.35. The number of likely N-dealkylation sites (tertiary alicyclic amines) is 1. The number of hydrogen-bond acceptors (Lipinski definition) is 1. The SMILES string of the molecule is CC1C[C@@H](C)CN(C)C1. The Labute approximate surface area is 58.0 Å². The maximum Gasteiger partial charge on any atom is 0.000419 e. The average molecular weight is 127 g/mol. The van der Waals surface area contributed by atoms with Gasteiger partial charge in [0.25, 0.3) is 0 Å². The van der Waals surface area contributed by atoms with Gasteiger partial charge in [-0.05, 0) is 25.3 Å². The Bertz CT molecular complexity index is 65.5. The first kappa shape index (κ1) is 7.07. The molecule has 0 N–H and O–H groups in total. The number of hydrogen-bond donors (Lipinski definition) is 0. The molecule has 1 fully saturated rings. The summed E-state index contributed by atoms with van der Waals surface area (Å²) >= 11 is 0. The van der Waals surface area contributed by atoms with Crippen molar-refractivity contribution >= 4 is 0 Å². The Morgan fingerprint density at radius 1 is 1.11 bits per heavy atom. The van der Waals surface area contributed by atoms with Gasteiger partial charge in [0, 0.05) is 13.1 Å². The lowest BCUT2D eigenvalue weighted by Gasteiger charge is -2.31. The van der Waals surface area contributed by atoms with Gasteiger partial charge >= 0.3 is 0 Å². The molecular formula is C8H17N. The first-order valence-corrected chi connectivity index (χ1v) is 3.87. The fourth-order valence-corrected chi connectivity index (χ4v) is 1.97. The van der Waals surface area contributed by atoms with E-state index in [0.717, 1.165) is 11.8 Å². The molecule has 0 aromatic rings. The van der Waals surface area contributed by atoms with Crippen LogP contribution in [0, 0.1) is 11.8 Å². The van der Waals surface area contributed by atoms with Crippen LogP contribution in [0.25, 0.3) is 0 Å². The van der Waals surface area contributed by atoms with Crippen LogP contribution in [0.3, 0.4) is 0 Å². The fourth-order valence-electron chi connectivity index (χ4n) is 1.97. The van der Waals surface area contributed by atoms with Crippen LogP contribution in [0.4, 0.5) is 0 Å². The lowest BCUT2D eigenvalue weighted by atomic mass is 9.92. The summed E-state index contributed by atoms with van der Waals surface area (Å²) in [6.45, 7) is 7.27. The number of rotatable bonds is 0. The molecule has 1 unspecified atom stereocenters. The second-order valence-corrected chi connectivity index (χ2v) is 3.67. The minimum atomic E-state index is 0.916. The van der Waals surface area contributed by atoms with Gasteiger partial charge in [-0.1, -0.05) is 13.8 Å². The van der Waals surface area contributed by atoms with Crippen LogP contribution in [0.2, 0.25) is 0 Å². The summed E-state index contributed by atoms with van der Waals surface area (Å²) in [6.07, 6.45) is 1.42. The summed E-state index contributed by atoms with van der Waals surface area (Å²) in [5, 5.41) is 0. The summed E-state index contributed by atoms with van der Waals surface area (Å²) in [5.41, 5.74) is 0. The normalized spacial score (nSPS) is 39.0. The van der Waals surface area contributed by atoms with E-state index in [1.165, 1.54) is 19.5 Å². The summed E-state index contributed by atoms with van der Waals surface area (Å²) in [4.78, 5) is 2.43. The van der Waals surface area contributed by atoms with Gasteiger partial charge in [-0.3, -0.25) is 0 Å². The molecule has 1 heteroatoms. The van der Waals surface area contributed by atoms with Crippen LogP contribution in [-0.2, 0) is 0 Å². The minimum Gasteiger partial charge on any atom is -0.306 e. The minimum absolute atomic E-state index is 0.916. The van der Waals surface area contributed by atoms with Gasteiger partial charge in [-0.25, -0.2) is 0 Å². The highest BCUT2D eigenvalue weighted by atomic mass is 15.1. The predicted molar refractivity (Wildman–Crippen MR) is 40.4 cm³/mol. The molecule has 1 aliphatic rings. The number of nitrogens with zero attached hydrogens (tertiary/aromatic N) is 1. The smallest absolute Gasteiger partial charge is 0.000419 e. The Hall–Kier alpha value is -0.0400. The van der Waals surface area contributed by atoms with Crippen molar-refractivity contribution in [3.05, 3.63) is 0 Å². The molecule has 0 aliphatic carbocycles. The lowest BCUT2D eigenvalue weighted by molar-refractivity contribution is 0.171. The van der Waals surface area contributed by atoms with Gasteiger partial charge in [-0.15, -0.1) is 0 Å². The molecule has 0 saturated carbocycles. The van der Waals surface area contributed by atoms with E-state index in [2.05, 4.69) is 25.8 Å². The van der Waals surface area contributed by atoms with Crippen LogP contribution in [0.15, 0.2) is 0 Å². The highest BCUT2D eigenvalue weighted by Crippen LogP contribution is 2.18. The zero-order valence-corrected chi connectivity index (χ0v) is 6.72. The maximum atomic E-state index is 2.43. The molecule has 0 aromatic carbocycles.